The van der Waals surface area contributed by atoms with Gasteiger partial charge in [0.15, 0.2) is 0 Å². The van der Waals surface area contributed by atoms with Gasteiger partial charge in [-0.3, -0.25) is 9.69 Å². The zero-order chi connectivity index (χ0) is 15.4. The Kier molecular flexibility index (Phi) is 5.25. The number of likely N-dealkylation sites (tertiary alicyclic amines) is 1. The summed E-state index contributed by atoms with van der Waals surface area (Å²) in [4.78, 5) is 14.0. The molecule has 1 fully saturated rings. The molecule has 2 unspecified atom stereocenters. The summed E-state index contributed by atoms with van der Waals surface area (Å²) < 4.78 is 26.3. The summed E-state index contributed by atoms with van der Waals surface area (Å²) in [6.07, 6.45) is 1.84. The highest BCUT2D eigenvalue weighted by molar-refractivity contribution is 5.92. The second-order valence-electron chi connectivity index (χ2n) is 5.53. The molecular formula is C15H21F2N3O. The van der Waals surface area contributed by atoms with Crippen LogP contribution in [0.4, 0.5) is 14.5 Å². The molecule has 116 valence electrons. The summed E-state index contributed by atoms with van der Waals surface area (Å²) in [5.74, 6) is -1.35. The number of nitrogens with one attached hydrogen (secondary N) is 1. The van der Waals surface area contributed by atoms with Gasteiger partial charge in [-0.25, -0.2) is 8.78 Å². The van der Waals surface area contributed by atoms with Crippen molar-refractivity contribution in [3.63, 3.8) is 0 Å². The standard InChI is InChI=1S/C15H21F2N3O/c1-2-10-8-20(6-5-13(10)18)9-15(21)19-14-4-3-11(16)7-12(14)17/h3-4,7,10,13H,2,5-6,8-9,18H2,1H3,(H,19,21). The molecule has 3 N–H and O–H groups in total. The summed E-state index contributed by atoms with van der Waals surface area (Å²) >= 11 is 0. The minimum atomic E-state index is -0.768. The molecule has 0 spiro atoms. The van der Waals surface area contributed by atoms with Gasteiger partial charge in [-0.15, -0.1) is 0 Å². The molecule has 0 aliphatic carbocycles. The second-order valence-corrected chi connectivity index (χ2v) is 5.53. The maximum atomic E-state index is 13.5. The second kappa shape index (κ2) is 6.95. The molecule has 2 atom stereocenters. The van der Waals surface area contributed by atoms with Crippen LogP contribution in [0.3, 0.4) is 0 Å². The molecule has 6 heteroatoms. The average Bonchev–Trinajstić information content (AvgIpc) is 2.44. The Balaban J connectivity index is 1.90. The molecule has 1 aliphatic rings. The number of rotatable bonds is 4. The van der Waals surface area contributed by atoms with Crippen LogP contribution < -0.4 is 11.1 Å². The number of nitrogens with zero attached hydrogens (tertiary/aromatic N) is 1. The van der Waals surface area contributed by atoms with Crippen molar-refractivity contribution in [3.05, 3.63) is 29.8 Å². The predicted octanol–water partition coefficient (Wildman–Crippen LogP) is 1.96. The highest BCUT2D eigenvalue weighted by Crippen LogP contribution is 2.19. The summed E-state index contributed by atoms with van der Waals surface area (Å²) in [5.41, 5.74) is 6.03. The average molecular weight is 297 g/mol. The molecule has 4 nitrogen and oxygen atoms in total. The van der Waals surface area contributed by atoms with Gasteiger partial charge in [0, 0.05) is 25.2 Å². The van der Waals surface area contributed by atoms with E-state index in [-0.39, 0.29) is 24.2 Å². The van der Waals surface area contributed by atoms with E-state index < -0.39 is 11.6 Å². The molecule has 0 radical (unpaired) electrons. The molecule has 2 rings (SSSR count). The van der Waals surface area contributed by atoms with Gasteiger partial charge in [0.25, 0.3) is 0 Å². The zero-order valence-electron chi connectivity index (χ0n) is 12.1. The molecule has 1 aromatic rings. The van der Waals surface area contributed by atoms with Crippen LogP contribution >= 0.6 is 0 Å². The third-order valence-corrected chi connectivity index (χ3v) is 3.97. The Labute approximate surface area is 123 Å². The Hall–Kier alpha value is -1.53. The maximum absolute atomic E-state index is 13.5. The van der Waals surface area contributed by atoms with Crippen LogP contribution in [0.5, 0.6) is 0 Å². The Morgan fingerprint density at radius 3 is 2.90 bits per heavy atom. The molecule has 0 aromatic heterocycles. The lowest BCUT2D eigenvalue weighted by atomic mass is 9.91. The molecule has 0 bridgehead atoms. The largest absolute Gasteiger partial charge is 0.327 e. The summed E-state index contributed by atoms with van der Waals surface area (Å²) in [7, 11) is 0. The van der Waals surface area contributed by atoms with E-state index in [1.54, 1.807) is 0 Å². The van der Waals surface area contributed by atoms with Crippen LogP contribution in [0, 0.1) is 17.6 Å². The van der Waals surface area contributed by atoms with Crippen molar-refractivity contribution in [3.8, 4) is 0 Å². The minimum absolute atomic E-state index is 0.00199. The first-order valence-electron chi connectivity index (χ1n) is 7.22. The molecule has 1 saturated heterocycles. The summed E-state index contributed by atoms with van der Waals surface area (Å²) in [6, 6.07) is 3.28. The number of carbonyl (C=O) groups excluding carboxylic acids is 1. The molecule has 0 saturated carbocycles. The Bertz CT molecular complexity index is 510. The van der Waals surface area contributed by atoms with Crippen molar-refractivity contribution in [1.82, 2.24) is 4.90 Å². The number of halogens is 2. The van der Waals surface area contributed by atoms with E-state index in [4.69, 9.17) is 5.73 Å². The zero-order valence-corrected chi connectivity index (χ0v) is 12.1. The third kappa shape index (κ3) is 4.22. The quantitative estimate of drug-likeness (QED) is 0.893. The lowest BCUT2D eigenvalue weighted by Crippen LogP contribution is -2.48. The SMILES string of the molecule is CCC1CN(CC(=O)Nc2ccc(F)cc2F)CCC1N. The van der Waals surface area contributed by atoms with E-state index in [9.17, 15) is 13.6 Å². The fraction of sp³-hybridized carbons (Fsp3) is 0.533. The van der Waals surface area contributed by atoms with E-state index in [0.29, 0.717) is 5.92 Å². The van der Waals surface area contributed by atoms with Crippen LogP contribution in [0.1, 0.15) is 19.8 Å². The highest BCUT2D eigenvalue weighted by Gasteiger charge is 2.26. The first kappa shape index (κ1) is 15.9. The fourth-order valence-electron chi connectivity index (χ4n) is 2.68. The van der Waals surface area contributed by atoms with Crippen molar-refractivity contribution in [1.29, 1.82) is 0 Å². The Morgan fingerprint density at radius 1 is 1.48 bits per heavy atom. The van der Waals surface area contributed by atoms with Crippen LogP contribution in [0.15, 0.2) is 18.2 Å². The lowest BCUT2D eigenvalue weighted by molar-refractivity contribution is -0.117. The monoisotopic (exact) mass is 297 g/mol. The number of nitrogens with two attached hydrogens (primary N) is 1. The lowest BCUT2D eigenvalue weighted by Gasteiger charge is -2.36. The Morgan fingerprint density at radius 2 is 2.24 bits per heavy atom. The number of hydrogen-bond acceptors (Lipinski definition) is 3. The van der Waals surface area contributed by atoms with Crippen molar-refractivity contribution in [2.75, 3.05) is 25.0 Å². The smallest absolute Gasteiger partial charge is 0.238 e. The molecule has 1 aliphatic heterocycles. The van der Waals surface area contributed by atoms with Crippen LogP contribution in [-0.4, -0.2) is 36.5 Å². The van der Waals surface area contributed by atoms with Crippen LogP contribution in [0.25, 0.3) is 0 Å². The predicted molar refractivity (Wildman–Crippen MR) is 77.8 cm³/mol. The van der Waals surface area contributed by atoms with Crippen LogP contribution in [0.2, 0.25) is 0 Å². The van der Waals surface area contributed by atoms with E-state index in [2.05, 4.69) is 12.2 Å². The van der Waals surface area contributed by atoms with Gasteiger partial charge in [0.1, 0.15) is 11.6 Å². The number of hydrogen-bond donors (Lipinski definition) is 2. The van der Waals surface area contributed by atoms with E-state index in [0.717, 1.165) is 38.1 Å². The number of carbonyl (C=O) groups is 1. The number of piperidine rings is 1. The van der Waals surface area contributed by atoms with E-state index in [1.165, 1.54) is 6.07 Å². The molecule has 1 aromatic carbocycles. The number of anilines is 1. The van der Waals surface area contributed by atoms with Gasteiger partial charge in [-0.05, 0) is 24.5 Å². The van der Waals surface area contributed by atoms with Gasteiger partial charge in [-0.2, -0.15) is 0 Å². The van der Waals surface area contributed by atoms with Crippen molar-refractivity contribution in [2.45, 2.75) is 25.8 Å². The van der Waals surface area contributed by atoms with Crippen molar-refractivity contribution >= 4 is 11.6 Å². The minimum Gasteiger partial charge on any atom is -0.327 e. The number of benzene rings is 1. The van der Waals surface area contributed by atoms with E-state index in [1.807, 2.05) is 4.90 Å². The third-order valence-electron chi connectivity index (χ3n) is 3.97. The fourth-order valence-corrected chi connectivity index (χ4v) is 2.68. The van der Waals surface area contributed by atoms with Crippen molar-refractivity contribution < 1.29 is 13.6 Å². The molecule has 1 heterocycles. The van der Waals surface area contributed by atoms with Crippen LogP contribution in [-0.2, 0) is 4.79 Å². The van der Waals surface area contributed by atoms with Gasteiger partial charge < -0.3 is 11.1 Å². The van der Waals surface area contributed by atoms with Gasteiger partial charge in [-0.1, -0.05) is 13.3 Å². The van der Waals surface area contributed by atoms with Gasteiger partial charge in [0.05, 0.1) is 12.2 Å². The first-order chi connectivity index (χ1) is 9.99. The molecule has 21 heavy (non-hydrogen) atoms. The van der Waals surface area contributed by atoms with Gasteiger partial charge in [0.2, 0.25) is 5.91 Å². The summed E-state index contributed by atoms with van der Waals surface area (Å²) in [5, 5.41) is 2.48. The highest BCUT2D eigenvalue weighted by atomic mass is 19.1. The van der Waals surface area contributed by atoms with Gasteiger partial charge >= 0.3 is 0 Å². The first-order valence-corrected chi connectivity index (χ1v) is 7.22. The topological polar surface area (TPSA) is 58.4 Å². The molecular weight excluding hydrogens is 276 g/mol. The van der Waals surface area contributed by atoms with Crippen molar-refractivity contribution in [2.24, 2.45) is 11.7 Å². The van der Waals surface area contributed by atoms with E-state index >= 15 is 0 Å². The normalized spacial score (nSPS) is 23.0. The molecule has 1 amide bonds. The maximum Gasteiger partial charge on any atom is 0.238 e. The summed E-state index contributed by atoms with van der Waals surface area (Å²) in [6.45, 7) is 3.82. The number of amides is 1.